The molecule has 0 aliphatic carbocycles. The van der Waals surface area contributed by atoms with Crippen molar-refractivity contribution in [2.24, 2.45) is 0 Å². The minimum Gasteiger partial charge on any atom is -0.354 e. The maximum Gasteiger partial charge on any atom is 0.224 e. The predicted molar refractivity (Wildman–Crippen MR) is 98.7 cm³/mol. The normalized spacial score (nSPS) is 10.7. The summed E-state index contributed by atoms with van der Waals surface area (Å²) in [5, 5.41) is 6.78. The molecule has 2 N–H and O–H groups in total. The molecule has 0 aliphatic heterocycles. The molecule has 0 atom stereocenters. The van der Waals surface area contributed by atoms with Crippen LogP contribution < -0.4 is 10.6 Å². The van der Waals surface area contributed by atoms with Crippen LogP contribution in [0.4, 0.5) is 17.5 Å². The Balaban J connectivity index is 2.15. The molecule has 2 aromatic rings. The summed E-state index contributed by atoms with van der Waals surface area (Å²) >= 11 is 0. The average Bonchev–Trinajstić information content (AvgIpc) is 2.47. The first-order valence-electron chi connectivity index (χ1n) is 8.44. The first-order chi connectivity index (χ1) is 11.0. The zero-order chi connectivity index (χ0) is 16.8. The highest BCUT2D eigenvalue weighted by Gasteiger charge is 2.07. The van der Waals surface area contributed by atoms with Crippen molar-refractivity contribution in [3.63, 3.8) is 0 Å². The Hall–Kier alpha value is -2.10. The van der Waals surface area contributed by atoms with Crippen molar-refractivity contribution in [3.05, 3.63) is 40.6 Å². The van der Waals surface area contributed by atoms with Crippen LogP contribution >= 0.6 is 0 Å². The van der Waals surface area contributed by atoms with Crippen molar-refractivity contribution in [3.8, 4) is 0 Å². The second-order valence-electron chi connectivity index (χ2n) is 6.25. The van der Waals surface area contributed by atoms with E-state index in [1.165, 1.54) is 29.5 Å². The monoisotopic (exact) mass is 312 g/mol. The highest BCUT2D eigenvalue weighted by atomic mass is 15.1. The highest BCUT2D eigenvalue weighted by molar-refractivity contribution is 5.65. The highest BCUT2D eigenvalue weighted by Crippen LogP contribution is 2.25. The minimum atomic E-state index is 0.700. The molecule has 0 spiro atoms. The third-order valence-electron chi connectivity index (χ3n) is 3.85. The quantitative estimate of drug-likeness (QED) is 0.702. The fraction of sp³-hybridized carbons (Fsp3) is 0.474. The maximum atomic E-state index is 4.60. The molecule has 1 aromatic heterocycles. The summed E-state index contributed by atoms with van der Waals surface area (Å²) in [7, 11) is 0. The fourth-order valence-electron chi connectivity index (χ4n) is 2.79. The molecular formula is C19H28N4. The van der Waals surface area contributed by atoms with Gasteiger partial charge in [0.2, 0.25) is 5.95 Å². The van der Waals surface area contributed by atoms with E-state index in [4.69, 9.17) is 0 Å². The van der Waals surface area contributed by atoms with Gasteiger partial charge in [0, 0.05) is 24.0 Å². The minimum absolute atomic E-state index is 0.700. The van der Waals surface area contributed by atoms with Crippen LogP contribution in [0.15, 0.2) is 18.2 Å². The van der Waals surface area contributed by atoms with Crippen LogP contribution in [0.25, 0.3) is 0 Å². The molecule has 4 nitrogen and oxygen atoms in total. The number of aromatic nitrogens is 2. The van der Waals surface area contributed by atoms with Crippen LogP contribution in [0.1, 0.15) is 48.6 Å². The van der Waals surface area contributed by atoms with Crippen molar-refractivity contribution >= 4 is 17.5 Å². The molecule has 23 heavy (non-hydrogen) atoms. The summed E-state index contributed by atoms with van der Waals surface area (Å²) in [6, 6.07) is 6.36. The van der Waals surface area contributed by atoms with E-state index >= 15 is 0 Å². The van der Waals surface area contributed by atoms with Crippen LogP contribution in [0.5, 0.6) is 0 Å². The van der Waals surface area contributed by atoms with Gasteiger partial charge in [-0.05, 0) is 45.2 Å². The summed E-state index contributed by atoms with van der Waals surface area (Å²) in [5.74, 6) is 1.54. The lowest BCUT2D eigenvalue weighted by Crippen LogP contribution is -2.08. The van der Waals surface area contributed by atoms with Gasteiger partial charge in [0.25, 0.3) is 0 Å². The van der Waals surface area contributed by atoms with E-state index in [1.54, 1.807) is 0 Å². The van der Waals surface area contributed by atoms with Crippen molar-refractivity contribution in [2.75, 3.05) is 17.2 Å². The predicted octanol–water partition coefficient (Wildman–Crippen LogP) is 5.06. The Bertz CT molecular complexity index is 641. The molecule has 4 heteroatoms. The second-order valence-corrected chi connectivity index (χ2v) is 6.25. The van der Waals surface area contributed by atoms with Gasteiger partial charge in [-0.3, -0.25) is 0 Å². The maximum absolute atomic E-state index is 4.60. The number of benzene rings is 1. The van der Waals surface area contributed by atoms with Gasteiger partial charge in [-0.1, -0.05) is 37.5 Å². The Morgan fingerprint density at radius 1 is 0.913 bits per heavy atom. The van der Waals surface area contributed by atoms with Crippen molar-refractivity contribution in [2.45, 2.75) is 53.9 Å². The standard InChI is InChI=1S/C19H28N4/c1-6-7-8-9-20-19-21-16(5)12-17(23-19)22-18-14(3)10-13(2)11-15(18)4/h10-12H,6-9H2,1-5H3,(H2,20,21,22,23). The zero-order valence-electron chi connectivity index (χ0n) is 15.0. The van der Waals surface area contributed by atoms with Crippen LogP contribution in [-0.2, 0) is 0 Å². The molecule has 0 bridgehead atoms. The number of unbranched alkanes of at least 4 members (excludes halogenated alkanes) is 2. The number of hydrogen-bond donors (Lipinski definition) is 2. The number of aryl methyl sites for hydroxylation is 4. The lowest BCUT2D eigenvalue weighted by Gasteiger charge is -2.14. The molecule has 1 aromatic carbocycles. The van der Waals surface area contributed by atoms with E-state index in [1.807, 2.05) is 13.0 Å². The van der Waals surface area contributed by atoms with E-state index < -0.39 is 0 Å². The Morgan fingerprint density at radius 3 is 2.26 bits per heavy atom. The topological polar surface area (TPSA) is 49.8 Å². The first kappa shape index (κ1) is 17.3. The van der Waals surface area contributed by atoms with Crippen molar-refractivity contribution in [1.29, 1.82) is 0 Å². The number of nitrogens with zero attached hydrogens (tertiary/aromatic N) is 2. The molecule has 0 saturated carbocycles. The van der Waals surface area contributed by atoms with Gasteiger partial charge in [-0.2, -0.15) is 4.98 Å². The zero-order valence-corrected chi connectivity index (χ0v) is 15.0. The van der Waals surface area contributed by atoms with Crippen molar-refractivity contribution < 1.29 is 0 Å². The molecule has 0 unspecified atom stereocenters. The van der Waals surface area contributed by atoms with Crippen LogP contribution in [0.2, 0.25) is 0 Å². The van der Waals surface area contributed by atoms with Crippen LogP contribution in [-0.4, -0.2) is 16.5 Å². The molecular weight excluding hydrogens is 284 g/mol. The molecule has 1 heterocycles. The Labute approximate surface area is 139 Å². The molecule has 0 fully saturated rings. The van der Waals surface area contributed by atoms with Gasteiger partial charge in [0.05, 0.1) is 0 Å². The first-order valence-corrected chi connectivity index (χ1v) is 8.44. The summed E-state index contributed by atoms with van der Waals surface area (Å²) in [6.45, 7) is 11.5. The van der Waals surface area contributed by atoms with E-state index in [9.17, 15) is 0 Å². The third kappa shape index (κ3) is 4.95. The van der Waals surface area contributed by atoms with Gasteiger partial charge in [0.1, 0.15) is 5.82 Å². The Kier molecular flexibility index (Phi) is 5.97. The summed E-state index contributed by atoms with van der Waals surface area (Å²) in [5.41, 5.74) is 5.84. The smallest absolute Gasteiger partial charge is 0.224 e. The lowest BCUT2D eigenvalue weighted by atomic mass is 10.1. The summed E-state index contributed by atoms with van der Waals surface area (Å²) < 4.78 is 0. The molecule has 124 valence electrons. The molecule has 0 radical (unpaired) electrons. The third-order valence-corrected chi connectivity index (χ3v) is 3.85. The molecule has 0 saturated heterocycles. The molecule has 0 aliphatic rings. The van der Waals surface area contributed by atoms with Crippen LogP contribution in [0, 0.1) is 27.7 Å². The van der Waals surface area contributed by atoms with Gasteiger partial charge in [-0.25, -0.2) is 4.98 Å². The fourth-order valence-corrected chi connectivity index (χ4v) is 2.79. The molecule has 0 amide bonds. The number of hydrogen-bond acceptors (Lipinski definition) is 4. The van der Waals surface area contributed by atoms with E-state index in [-0.39, 0.29) is 0 Å². The lowest BCUT2D eigenvalue weighted by molar-refractivity contribution is 0.740. The largest absolute Gasteiger partial charge is 0.354 e. The number of nitrogens with one attached hydrogen (secondary N) is 2. The number of anilines is 3. The molecule has 2 rings (SSSR count). The van der Waals surface area contributed by atoms with E-state index in [2.05, 4.69) is 60.4 Å². The van der Waals surface area contributed by atoms with Crippen LogP contribution in [0.3, 0.4) is 0 Å². The average molecular weight is 312 g/mol. The Morgan fingerprint density at radius 2 is 1.61 bits per heavy atom. The van der Waals surface area contributed by atoms with Crippen molar-refractivity contribution in [1.82, 2.24) is 9.97 Å². The van der Waals surface area contributed by atoms with Gasteiger partial charge < -0.3 is 10.6 Å². The van der Waals surface area contributed by atoms with Gasteiger partial charge in [0.15, 0.2) is 0 Å². The second kappa shape index (κ2) is 7.95. The summed E-state index contributed by atoms with van der Waals surface area (Å²) in [4.78, 5) is 9.07. The SMILES string of the molecule is CCCCCNc1nc(C)cc(Nc2c(C)cc(C)cc2C)n1. The van der Waals surface area contributed by atoms with E-state index in [0.29, 0.717) is 5.95 Å². The number of rotatable bonds is 7. The van der Waals surface area contributed by atoms with E-state index in [0.717, 1.165) is 30.2 Å². The van der Waals surface area contributed by atoms with Gasteiger partial charge >= 0.3 is 0 Å². The van der Waals surface area contributed by atoms with Gasteiger partial charge in [-0.15, -0.1) is 0 Å². The summed E-state index contributed by atoms with van der Waals surface area (Å²) in [6.07, 6.45) is 3.59.